The van der Waals surface area contributed by atoms with Crippen LogP contribution in [0.25, 0.3) is 11.6 Å². The number of para-hydroxylation sites is 1. The van der Waals surface area contributed by atoms with E-state index in [0.29, 0.717) is 11.5 Å². The third kappa shape index (κ3) is 3.56. The lowest BCUT2D eigenvalue weighted by molar-refractivity contribution is -0.116. The van der Waals surface area contributed by atoms with Gasteiger partial charge in [-0.1, -0.05) is 36.3 Å². The SMILES string of the molecule is CCc1cccc(C)c1NC(=O)Cn1c(-c2nc(C)no2)cccc1=O. The molecular formula is C19H20N4O3. The Morgan fingerprint density at radius 2 is 1.96 bits per heavy atom. The Morgan fingerprint density at radius 3 is 2.65 bits per heavy atom. The summed E-state index contributed by atoms with van der Waals surface area (Å²) in [6.07, 6.45) is 0.801. The normalized spacial score (nSPS) is 10.7. The molecule has 2 heterocycles. The van der Waals surface area contributed by atoms with Crippen LogP contribution in [0.15, 0.2) is 45.7 Å². The fourth-order valence-electron chi connectivity index (χ4n) is 2.80. The second-order valence-electron chi connectivity index (χ2n) is 5.99. The molecule has 3 rings (SSSR count). The Kier molecular flexibility index (Phi) is 4.97. The van der Waals surface area contributed by atoms with Gasteiger partial charge in [0.15, 0.2) is 5.82 Å². The van der Waals surface area contributed by atoms with Crippen LogP contribution in [0.5, 0.6) is 0 Å². The average Bonchev–Trinajstić information content (AvgIpc) is 3.04. The Hall–Kier alpha value is -3.22. The molecule has 0 saturated carbocycles. The minimum atomic E-state index is -0.311. The van der Waals surface area contributed by atoms with E-state index in [-0.39, 0.29) is 23.9 Å². The molecule has 3 aromatic rings. The lowest BCUT2D eigenvalue weighted by atomic mass is 10.1. The largest absolute Gasteiger partial charge is 0.332 e. The molecule has 1 N–H and O–H groups in total. The minimum absolute atomic E-state index is 0.145. The van der Waals surface area contributed by atoms with E-state index >= 15 is 0 Å². The van der Waals surface area contributed by atoms with E-state index in [0.717, 1.165) is 23.2 Å². The van der Waals surface area contributed by atoms with Crippen molar-refractivity contribution in [2.24, 2.45) is 0 Å². The van der Waals surface area contributed by atoms with Gasteiger partial charge < -0.3 is 9.84 Å². The molecule has 0 saturated heterocycles. The van der Waals surface area contributed by atoms with Crippen LogP contribution in [0.1, 0.15) is 23.9 Å². The van der Waals surface area contributed by atoms with Crippen molar-refractivity contribution >= 4 is 11.6 Å². The van der Waals surface area contributed by atoms with E-state index in [4.69, 9.17) is 4.52 Å². The highest BCUT2D eigenvalue weighted by Crippen LogP contribution is 2.21. The molecular weight excluding hydrogens is 332 g/mol. The number of hydrogen-bond acceptors (Lipinski definition) is 5. The summed E-state index contributed by atoms with van der Waals surface area (Å²) in [5.74, 6) is 0.373. The van der Waals surface area contributed by atoms with Gasteiger partial charge in [0.05, 0.1) is 0 Å². The number of anilines is 1. The summed E-state index contributed by atoms with van der Waals surface area (Å²) in [7, 11) is 0. The second kappa shape index (κ2) is 7.35. The number of benzene rings is 1. The maximum absolute atomic E-state index is 12.6. The molecule has 0 fully saturated rings. The van der Waals surface area contributed by atoms with Gasteiger partial charge in [0, 0.05) is 11.8 Å². The predicted molar refractivity (Wildman–Crippen MR) is 97.9 cm³/mol. The molecule has 7 nitrogen and oxygen atoms in total. The second-order valence-corrected chi connectivity index (χ2v) is 5.99. The first-order chi connectivity index (χ1) is 12.5. The van der Waals surface area contributed by atoms with Crippen LogP contribution in [0.4, 0.5) is 5.69 Å². The first kappa shape index (κ1) is 17.6. The van der Waals surface area contributed by atoms with Gasteiger partial charge >= 0.3 is 0 Å². The Bertz CT molecular complexity index is 1000. The molecule has 1 amide bonds. The van der Waals surface area contributed by atoms with Crippen molar-refractivity contribution in [2.45, 2.75) is 33.7 Å². The summed E-state index contributed by atoms with van der Waals surface area (Å²) >= 11 is 0. The maximum Gasteiger partial charge on any atom is 0.274 e. The van der Waals surface area contributed by atoms with Gasteiger partial charge in [0.2, 0.25) is 5.91 Å². The molecule has 0 aliphatic carbocycles. The highest BCUT2D eigenvalue weighted by molar-refractivity contribution is 5.92. The lowest BCUT2D eigenvalue weighted by Crippen LogP contribution is -2.28. The quantitative estimate of drug-likeness (QED) is 0.762. The Balaban J connectivity index is 1.90. The average molecular weight is 352 g/mol. The third-order valence-electron chi connectivity index (χ3n) is 4.10. The van der Waals surface area contributed by atoms with Gasteiger partial charge in [-0.15, -0.1) is 0 Å². The number of aryl methyl sites for hydroxylation is 3. The number of pyridine rings is 1. The van der Waals surface area contributed by atoms with Crippen molar-refractivity contribution in [3.63, 3.8) is 0 Å². The molecule has 2 aromatic heterocycles. The Morgan fingerprint density at radius 1 is 1.19 bits per heavy atom. The Labute approximate surface area is 150 Å². The number of hydrogen-bond donors (Lipinski definition) is 1. The summed E-state index contributed by atoms with van der Waals surface area (Å²) < 4.78 is 6.47. The lowest BCUT2D eigenvalue weighted by Gasteiger charge is -2.14. The molecule has 0 radical (unpaired) electrons. The van der Waals surface area contributed by atoms with Gasteiger partial charge in [0.25, 0.3) is 11.4 Å². The van der Waals surface area contributed by atoms with Crippen molar-refractivity contribution in [2.75, 3.05) is 5.32 Å². The molecule has 0 aliphatic rings. The van der Waals surface area contributed by atoms with Crippen molar-refractivity contribution in [1.29, 1.82) is 0 Å². The number of amides is 1. The zero-order chi connectivity index (χ0) is 18.7. The monoisotopic (exact) mass is 352 g/mol. The van der Waals surface area contributed by atoms with Crippen LogP contribution in [0.3, 0.4) is 0 Å². The van der Waals surface area contributed by atoms with Crippen LogP contribution < -0.4 is 10.9 Å². The zero-order valence-electron chi connectivity index (χ0n) is 14.9. The van der Waals surface area contributed by atoms with E-state index in [1.54, 1.807) is 19.1 Å². The van der Waals surface area contributed by atoms with Gasteiger partial charge in [0.1, 0.15) is 12.2 Å². The van der Waals surface area contributed by atoms with Crippen LogP contribution in [0.2, 0.25) is 0 Å². The highest BCUT2D eigenvalue weighted by Gasteiger charge is 2.16. The van der Waals surface area contributed by atoms with Gasteiger partial charge in [-0.25, -0.2) is 0 Å². The fraction of sp³-hybridized carbons (Fsp3) is 0.263. The van der Waals surface area contributed by atoms with Gasteiger partial charge in [-0.05, 0) is 37.5 Å². The summed E-state index contributed by atoms with van der Waals surface area (Å²) in [4.78, 5) is 29.0. The molecule has 0 spiro atoms. The van der Waals surface area contributed by atoms with Crippen LogP contribution in [0, 0.1) is 13.8 Å². The van der Waals surface area contributed by atoms with Crippen molar-refractivity contribution in [3.05, 3.63) is 63.7 Å². The number of nitrogens with one attached hydrogen (secondary N) is 1. The molecule has 134 valence electrons. The summed E-state index contributed by atoms with van der Waals surface area (Å²) in [6, 6.07) is 10.5. The standard InChI is InChI=1S/C19H20N4O3/c1-4-14-8-5-7-12(2)18(14)21-16(24)11-23-15(9-6-10-17(23)25)19-20-13(3)22-26-19/h5-10H,4,11H2,1-3H3,(H,21,24). The van der Waals surface area contributed by atoms with Crippen molar-refractivity contribution in [1.82, 2.24) is 14.7 Å². The molecule has 7 heteroatoms. The predicted octanol–water partition coefficient (Wildman–Crippen LogP) is 2.72. The first-order valence-electron chi connectivity index (χ1n) is 8.38. The smallest absolute Gasteiger partial charge is 0.274 e. The van der Waals surface area contributed by atoms with Crippen molar-refractivity contribution in [3.8, 4) is 11.6 Å². The zero-order valence-corrected chi connectivity index (χ0v) is 14.9. The van der Waals surface area contributed by atoms with E-state index in [1.165, 1.54) is 10.6 Å². The van der Waals surface area contributed by atoms with Gasteiger partial charge in [-0.2, -0.15) is 4.98 Å². The summed E-state index contributed by atoms with van der Waals surface area (Å²) in [5.41, 5.74) is 2.92. The number of carbonyl (C=O) groups excluding carboxylic acids is 1. The van der Waals surface area contributed by atoms with E-state index in [9.17, 15) is 9.59 Å². The highest BCUT2D eigenvalue weighted by atomic mass is 16.5. The maximum atomic E-state index is 12.6. The van der Waals surface area contributed by atoms with Crippen LogP contribution >= 0.6 is 0 Å². The minimum Gasteiger partial charge on any atom is -0.332 e. The van der Waals surface area contributed by atoms with E-state index in [2.05, 4.69) is 15.5 Å². The topological polar surface area (TPSA) is 90.0 Å². The molecule has 0 unspecified atom stereocenters. The summed E-state index contributed by atoms with van der Waals surface area (Å²) in [6.45, 7) is 5.52. The van der Waals surface area contributed by atoms with Crippen LogP contribution in [-0.2, 0) is 17.8 Å². The molecule has 0 bridgehead atoms. The van der Waals surface area contributed by atoms with E-state index < -0.39 is 0 Å². The molecule has 0 aliphatic heterocycles. The third-order valence-corrected chi connectivity index (χ3v) is 4.10. The fourth-order valence-corrected chi connectivity index (χ4v) is 2.80. The first-order valence-corrected chi connectivity index (χ1v) is 8.38. The summed E-state index contributed by atoms with van der Waals surface area (Å²) in [5, 5.41) is 6.67. The number of rotatable bonds is 5. The number of aromatic nitrogens is 3. The number of nitrogens with zero attached hydrogens (tertiary/aromatic N) is 3. The van der Waals surface area contributed by atoms with Gasteiger partial charge in [-0.3, -0.25) is 14.2 Å². The van der Waals surface area contributed by atoms with Crippen molar-refractivity contribution < 1.29 is 9.32 Å². The van der Waals surface area contributed by atoms with Crippen LogP contribution in [-0.4, -0.2) is 20.6 Å². The molecule has 0 atom stereocenters. The molecule has 26 heavy (non-hydrogen) atoms. The molecule has 1 aromatic carbocycles. The van der Waals surface area contributed by atoms with E-state index in [1.807, 2.05) is 32.0 Å². The number of carbonyl (C=O) groups is 1.